The van der Waals surface area contributed by atoms with Gasteiger partial charge in [0.1, 0.15) is 5.75 Å². The highest BCUT2D eigenvalue weighted by Crippen LogP contribution is 2.29. The van der Waals surface area contributed by atoms with Gasteiger partial charge < -0.3 is 30.0 Å². The molecule has 0 heterocycles. The maximum atomic E-state index is 12.0. The number of amides is 2. The molecule has 0 spiro atoms. The molecule has 3 N–H and O–H groups in total. The fourth-order valence-corrected chi connectivity index (χ4v) is 2.34. The van der Waals surface area contributed by atoms with E-state index in [1.807, 2.05) is 0 Å². The van der Waals surface area contributed by atoms with Gasteiger partial charge in [0.25, 0.3) is 0 Å². The Morgan fingerprint density at radius 2 is 1.70 bits per heavy atom. The lowest BCUT2D eigenvalue weighted by molar-refractivity contribution is -0.136. The molecule has 144 valence electrons. The van der Waals surface area contributed by atoms with Gasteiger partial charge in [-0.05, 0) is 29.8 Å². The van der Waals surface area contributed by atoms with E-state index in [0.717, 1.165) is 0 Å². The van der Waals surface area contributed by atoms with Crippen LogP contribution in [0.1, 0.15) is 11.7 Å². The van der Waals surface area contributed by atoms with E-state index in [9.17, 15) is 14.7 Å². The number of anilines is 1. The normalized spacial score (nSPS) is 11.3. The van der Waals surface area contributed by atoms with E-state index in [0.29, 0.717) is 28.5 Å². The van der Waals surface area contributed by atoms with Crippen LogP contribution in [-0.4, -0.2) is 44.8 Å². The second kappa shape index (κ2) is 9.44. The lowest BCUT2D eigenvalue weighted by Crippen LogP contribution is -2.37. The third kappa shape index (κ3) is 5.35. The number of aliphatic hydroxyl groups excluding tert-OH is 1. The predicted molar refractivity (Wildman–Crippen MR) is 99.1 cm³/mol. The lowest BCUT2D eigenvalue weighted by atomic mass is 10.1. The summed E-state index contributed by atoms with van der Waals surface area (Å²) in [6.07, 6.45) is -1.02. The van der Waals surface area contributed by atoms with Gasteiger partial charge in [-0.1, -0.05) is 12.1 Å². The van der Waals surface area contributed by atoms with Crippen molar-refractivity contribution in [3.05, 3.63) is 48.0 Å². The van der Waals surface area contributed by atoms with Crippen molar-refractivity contribution in [3.8, 4) is 17.2 Å². The lowest BCUT2D eigenvalue weighted by Gasteiger charge is -2.15. The van der Waals surface area contributed by atoms with Crippen LogP contribution in [-0.2, 0) is 9.59 Å². The first-order valence-electron chi connectivity index (χ1n) is 8.11. The van der Waals surface area contributed by atoms with Crippen LogP contribution in [0, 0.1) is 0 Å². The van der Waals surface area contributed by atoms with Gasteiger partial charge in [0.2, 0.25) is 0 Å². The summed E-state index contributed by atoms with van der Waals surface area (Å²) in [5.74, 6) is -0.177. The van der Waals surface area contributed by atoms with Gasteiger partial charge in [-0.15, -0.1) is 0 Å². The number of rotatable bonds is 7. The van der Waals surface area contributed by atoms with E-state index in [1.165, 1.54) is 21.3 Å². The van der Waals surface area contributed by atoms with Gasteiger partial charge in [0.05, 0.1) is 27.4 Å². The Kier molecular flexibility index (Phi) is 7.01. The molecule has 2 rings (SSSR count). The predicted octanol–water partition coefficient (Wildman–Crippen LogP) is 1.50. The number of nitrogens with one attached hydrogen (secondary N) is 2. The van der Waals surface area contributed by atoms with Crippen molar-refractivity contribution >= 4 is 17.5 Å². The molecule has 1 atom stereocenters. The van der Waals surface area contributed by atoms with Gasteiger partial charge in [0, 0.05) is 18.3 Å². The van der Waals surface area contributed by atoms with Crippen molar-refractivity contribution in [1.29, 1.82) is 0 Å². The van der Waals surface area contributed by atoms with E-state index in [2.05, 4.69) is 10.6 Å². The number of carbonyl (C=O) groups is 2. The average Bonchev–Trinajstić information content (AvgIpc) is 2.71. The van der Waals surface area contributed by atoms with Crippen molar-refractivity contribution < 1.29 is 28.9 Å². The molecule has 0 radical (unpaired) electrons. The number of hydrogen-bond acceptors (Lipinski definition) is 6. The van der Waals surface area contributed by atoms with Gasteiger partial charge >= 0.3 is 11.8 Å². The first-order chi connectivity index (χ1) is 13.0. The molecule has 2 amide bonds. The third-order valence-electron chi connectivity index (χ3n) is 3.78. The standard InChI is InChI=1S/C19H22N2O6/c1-25-14-6-4-5-13(10-14)21-19(24)18(23)20-11-15(22)12-7-8-16(26-2)17(9-12)27-3/h4-10,15,22H,11H2,1-3H3,(H,20,23)(H,21,24). The van der Waals surface area contributed by atoms with Crippen LogP contribution < -0.4 is 24.8 Å². The molecule has 8 heteroatoms. The number of hydrogen-bond donors (Lipinski definition) is 3. The number of aliphatic hydroxyl groups is 1. The number of methoxy groups -OCH3 is 3. The molecular weight excluding hydrogens is 352 g/mol. The zero-order chi connectivity index (χ0) is 19.8. The van der Waals surface area contributed by atoms with Gasteiger partial charge in [0.15, 0.2) is 11.5 Å². The fraction of sp³-hybridized carbons (Fsp3) is 0.263. The molecular formula is C19H22N2O6. The SMILES string of the molecule is COc1cccc(NC(=O)C(=O)NCC(O)c2ccc(OC)c(OC)c2)c1. The van der Waals surface area contributed by atoms with E-state index in [1.54, 1.807) is 42.5 Å². The zero-order valence-electron chi connectivity index (χ0n) is 15.3. The summed E-state index contributed by atoms with van der Waals surface area (Å²) in [6, 6.07) is 11.5. The second-order valence-electron chi connectivity index (χ2n) is 5.53. The first kappa shape index (κ1) is 20.1. The highest BCUT2D eigenvalue weighted by Gasteiger charge is 2.17. The smallest absolute Gasteiger partial charge is 0.313 e. The monoisotopic (exact) mass is 374 g/mol. The second-order valence-corrected chi connectivity index (χ2v) is 5.53. The molecule has 2 aromatic rings. The van der Waals surface area contributed by atoms with Crippen LogP contribution in [0.5, 0.6) is 17.2 Å². The number of benzene rings is 2. The molecule has 2 aromatic carbocycles. The minimum atomic E-state index is -1.02. The topological polar surface area (TPSA) is 106 Å². The van der Waals surface area contributed by atoms with E-state index < -0.39 is 17.9 Å². The molecule has 1 unspecified atom stereocenters. The Bertz CT molecular complexity index is 809. The zero-order valence-corrected chi connectivity index (χ0v) is 15.3. The van der Waals surface area contributed by atoms with Crippen molar-refractivity contribution in [2.24, 2.45) is 0 Å². The molecule has 0 bridgehead atoms. The van der Waals surface area contributed by atoms with Crippen LogP contribution in [0.25, 0.3) is 0 Å². The Morgan fingerprint density at radius 1 is 0.963 bits per heavy atom. The summed E-state index contributed by atoms with van der Waals surface area (Å²) in [5, 5.41) is 15.1. The summed E-state index contributed by atoms with van der Waals surface area (Å²) in [7, 11) is 4.50. The average molecular weight is 374 g/mol. The largest absolute Gasteiger partial charge is 0.497 e. The fourth-order valence-electron chi connectivity index (χ4n) is 2.34. The van der Waals surface area contributed by atoms with Crippen LogP contribution in [0.3, 0.4) is 0 Å². The number of ether oxygens (including phenoxy) is 3. The third-order valence-corrected chi connectivity index (χ3v) is 3.78. The number of carbonyl (C=O) groups excluding carboxylic acids is 2. The molecule has 8 nitrogen and oxygen atoms in total. The van der Waals surface area contributed by atoms with Crippen molar-refractivity contribution in [2.45, 2.75) is 6.10 Å². The van der Waals surface area contributed by atoms with Crippen molar-refractivity contribution in [1.82, 2.24) is 5.32 Å². The van der Waals surface area contributed by atoms with Gasteiger partial charge in [-0.2, -0.15) is 0 Å². The highest BCUT2D eigenvalue weighted by molar-refractivity contribution is 6.39. The van der Waals surface area contributed by atoms with Crippen LogP contribution in [0.2, 0.25) is 0 Å². The van der Waals surface area contributed by atoms with Gasteiger partial charge in [-0.3, -0.25) is 9.59 Å². The maximum absolute atomic E-state index is 12.0. The quantitative estimate of drug-likeness (QED) is 0.634. The summed E-state index contributed by atoms with van der Waals surface area (Å²) in [4.78, 5) is 23.9. The molecule has 0 fully saturated rings. The first-order valence-corrected chi connectivity index (χ1v) is 8.11. The molecule has 0 aliphatic carbocycles. The minimum Gasteiger partial charge on any atom is -0.497 e. The minimum absolute atomic E-state index is 0.139. The summed E-state index contributed by atoms with van der Waals surface area (Å²) in [5.41, 5.74) is 0.941. The van der Waals surface area contributed by atoms with Crippen LogP contribution in [0.15, 0.2) is 42.5 Å². The Labute approximate surface area is 157 Å². The van der Waals surface area contributed by atoms with Crippen LogP contribution in [0.4, 0.5) is 5.69 Å². The summed E-state index contributed by atoms with van der Waals surface area (Å²) >= 11 is 0. The Morgan fingerprint density at radius 3 is 2.37 bits per heavy atom. The van der Waals surface area contributed by atoms with Crippen molar-refractivity contribution in [2.75, 3.05) is 33.2 Å². The molecule has 0 aliphatic heterocycles. The van der Waals surface area contributed by atoms with E-state index >= 15 is 0 Å². The van der Waals surface area contributed by atoms with Crippen molar-refractivity contribution in [3.63, 3.8) is 0 Å². The van der Waals surface area contributed by atoms with E-state index in [-0.39, 0.29) is 6.54 Å². The van der Waals surface area contributed by atoms with Crippen LogP contribution >= 0.6 is 0 Å². The molecule has 0 aliphatic rings. The highest BCUT2D eigenvalue weighted by atomic mass is 16.5. The Hall–Kier alpha value is -3.26. The van der Waals surface area contributed by atoms with E-state index in [4.69, 9.17) is 14.2 Å². The summed E-state index contributed by atoms with van der Waals surface area (Å²) in [6.45, 7) is -0.139. The maximum Gasteiger partial charge on any atom is 0.313 e. The Balaban J connectivity index is 1.93. The molecule has 27 heavy (non-hydrogen) atoms. The molecule has 0 saturated carbocycles. The van der Waals surface area contributed by atoms with Gasteiger partial charge in [-0.25, -0.2) is 0 Å². The molecule has 0 saturated heterocycles. The summed E-state index contributed by atoms with van der Waals surface area (Å²) < 4.78 is 15.4. The molecule has 0 aromatic heterocycles.